The molecule has 1 aliphatic rings. The molecule has 3 heteroatoms. The van der Waals surface area contributed by atoms with Gasteiger partial charge in [-0.25, -0.2) is 0 Å². The number of hydrogen-bond acceptors (Lipinski definition) is 3. The van der Waals surface area contributed by atoms with Crippen LogP contribution in [-0.2, 0) is 11.2 Å². The van der Waals surface area contributed by atoms with Gasteiger partial charge >= 0.3 is 0 Å². The second-order valence-corrected chi connectivity index (χ2v) is 4.18. The third-order valence-corrected chi connectivity index (χ3v) is 3.08. The van der Waals surface area contributed by atoms with Gasteiger partial charge in [-0.05, 0) is 36.8 Å². The normalized spacial score (nSPS) is 17.9. The average Bonchev–Trinajstić information content (AvgIpc) is 2.26. The Balaban J connectivity index is 2.06. The van der Waals surface area contributed by atoms with Crippen LogP contribution < -0.4 is 11.5 Å². The van der Waals surface area contributed by atoms with Crippen LogP contribution >= 0.6 is 0 Å². The molecule has 1 saturated heterocycles. The van der Waals surface area contributed by atoms with Crippen LogP contribution in [0.25, 0.3) is 0 Å². The maximum Gasteiger partial charge on any atom is 0.0580 e. The molecule has 15 heavy (non-hydrogen) atoms. The summed E-state index contributed by atoms with van der Waals surface area (Å²) in [6.45, 7) is 1.76. The molecule has 0 unspecified atom stereocenters. The highest BCUT2D eigenvalue weighted by atomic mass is 16.5. The molecule has 1 aliphatic heterocycles. The third kappa shape index (κ3) is 2.42. The lowest BCUT2D eigenvalue weighted by Gasteiger charge is -2.22. The molecule has 0 saturated carbocycles. The van der Waals surface area contributed by atoms with E-state index in [0.717, 1.165) is 38.2 Å². The van der Waals surface area contributed by atoms with Crippen molar-refractivity contribution in [3.8, 4) is 0 Å². The van der Waals surface area contributed by atoms with E-state index in [1.807, 2.05) is 12.1 Å². The lowest BCUT2D eigenvalue weighted by Crippen LogP contribution is -2.18. The summed E-state index contributed by atoms with van der Waals surface area (Å²) in [5.41, 5.74) is 14.3. The maximum atomic E-state index is 5.94. The minimum atomic E-state index is 0.694. The van der Waals surface area contributed by atoms with Gasteiger partial charge in [0.15, 0.2) is 0 Å². The summed E-state index contributed by atoms with van der Waals surface area (Å²) in [7, 11) is 0. The quantitative estimate of drug-likeness (QED) is 0.725. The Labute approximate surface area is 90.4 Å². The van der Waals surface area contributed by atoms with E-state index in [-0.39, 0.29) is 0 Å². The molecule has 1 fully saturated rings. The van der Waals surface area contributed by atoms with Gasteiger partial charge < -0.3 is 16.2 Å². The maximum absolute atomic E-state index is 5.94. The van der Waals surface area contributed by atoms with E-state index in [1.165, 1.54) is 5.56 Å². The first-order chi connectivity index (χ1) is 7.27. The number of nitrogens with two attached hydrogens (primary N) is 2. The Kier molecular flexibility index (Phi) is 3.11. The average molecular weight is 206 g/mol. The van der Waals surface area contributed by atoms with Gasteiger partial charge in [-0.3, -0.25) is 0 Å². The van der Waals surface area contributed by atoms with Gasteiger partial charge in [0.05, 0.1) is 11.4 Å². The second-order valence-electron chi connectivity index (χ2n) is 4.18. The zero-order chi connectivity index (χ0) is 10.7. The number of ether oxygens (including phenoxy) is 1. The smallest absolute Gasteiger partial charge is 0.0580 e. The van der Waals surface area contributed by atoms with Gasteiger partial charge in [0.1, 0.15) is 0 Å². The van der Waals surface area contributed by atoms with Gasteiger partial charge in [0.2, 0.25) is 0 Å². The SMILES string of the molecule is Nc1cccc(CC2CCOCC2)c1N. The van der Waals surface area contributed by atoms with E-state index in [1.54, 1.807) is 0 Å². The lowest BCUT2D eigenvalue weighted by molar-refractivity contribution is 0.0666. The molecule has 0 bridgehead atoms. The zero-order valence-electron chi connectivity index (χ0n) is 8.91. The highest BCUT2D eigenvalue weighted by Crippen LogP contribution is 2.26. The van der Waals surface area contributed by atoms with Crippen molar-refractivity contribution >= 4 is 11.4 Å². The predicted molar refractivity (Wildman–Crippen MR) is 62.5 cm³/mol. The largest absolute Gasteiger partial charge is 0.397 e. The number of anilines is 2. The van der Waals surface area contributed by atoms with Crippen molar-refractivity contribution < 1.29 is 4.74 Å². The standard InChI is InChI=1S/C12H18N2O/c13-11-3-1-2-10(12(11)14)8-9-4-6-15-7-5-9/h1-3,9H,4-8,13-14H2. The number of rotatable bonds is 2. The Hall–Kier alpha value is -1.22. The molecule has 0 spiro atoms. The van der Waals surface area contributed by atoms with Crippen molar-refractivity contribution in [3.05, 3.63) is 23.8 Å². The van der Waals surface area contributed by atoms with E-state index < -0.39 is 0 Å². The Bertz CT molecular complexity index is 332. The molecule has 0 aromatic heterocycles. The van der Waals surface area contributed by atoms with Gasteiger partial charge in [-0.2, -0.15) is 0 Å². The first kappa shape index (κ1) is 10.3. The summed E-state index contributed by atoms with van der Waals surface area (Å²) in [5.74, 6) is 0.697. The summed E-state index contributed by atoms with van der Waals surface area (Å²) in [6, 6.07) is 5.89. The lowest BCUT2D eigenvalue weighted by atomic mass is 9.91. The summed E-state index contributed by atoms with van der Waals surface area (Å²) in [4.78, 5) is 0. The molecule has 0 radical (unpaired) electrons. The van der Waals surface area contributed by atoms with Crippen molar-refractivity contribution in [2.75, 3.05) is 24.7 Å². The van der Waals surface area contributed by atoms with Gasteiger partial charge in [0.25, 0.3) is 0 Å². The molecule has 1 aromatic rings. The van der Waals surface area contributed by atoms with Crippen LogP contribution in [-0.4, -0.2) is 13.2 Å². The minimum Gasteiger partial charge on any atom is -0.397 e. The van der Waals surface area contributed by atoms with Crippen LogP contribution in [0.5, 0.6) is 0 Å². The first-order valence-electron chi connectivity index (χ1n) is 5.48. The van der Waals surface area contributed by atoms with Crippen LogP contribution in [0.1, 0.15) is 18.4 Å². The molecule has 0 atom stereocenters. The number of benzene rings is 1. The monoisotopic (exact) mass is 206 g/mol. The van der Waals surface area contributed by atoms with Crippen LogP contribution in [0.2, 0.25) is 0 Å². The Morgan fingerprint density at radius 1 is 1.20 bits per heavy atom. The molecule has 0 amide bonds. The van der Waals surface area contributed by atoms with Gasteiger partial charge in [-0.15, -0.1) is 0 Å². The fraction of sp³-hybridized carbons (Fsp3) is 0.500. The highest BCUT2D eigenvalue weighted by Gasteiger charge is 2.15. The van der Waals surface area contributed by atoms with E-state index in [2.05, 4.69) is 6.07 Å². The van der Waals surface area contributed by atoms with Crippen molar-refractivity contribution in [1.29, 1.82) is 0 Å². The summed E-state index contributed by atoms with van der Waals surface area (Å²) >= 11 is 0. The number of hydrogen-bond donors (Lipinski definition) is 2. The molecule has 0 aliphatic carbocycles. The predicted octanol–water partition coefficient (Wildman–Crippen LogP) is 1.82. The van der Waals surface area contributed by atoms with E-state index in [0.29, 0.717) is 11.6 Å². The molecule has 1 heterocycles. The number of para-hydroxylation sites is 1. The van der Waals surface area contributed by atoms with Crippen molar-refractivity contribution in [1.82, 2.24) is 0 Å². The minimum absolute atomic E-state index is 0.694. The Morgan fingerprint density at radius 3 is 2.67 bits per heavy atom. The Morgan fingerprint density at radius 2 is 1.93 bits per heavy atom. The third-order valence-electron chi connectivity index (χ3n) is 3.08. The molecular formula is C12H18N2O. The topological polar surface area (TPSA) is 61.3 Å². The second kappa shape index (κ2) is 4.53. The van der Waals surface area contributed by atoms with Crippen LogP contribution in [0.4, 0.5) is 11.4 Å². The molecule has 82 valence electrons. The summed E-state index contributed by atoms with van der Waals surface area (Å²) in [5, 5.41) is 0. The zero-order valence-corrected chi connectivity index (χ0v) is 8.91. The first-order valence-corrected chi connectivity index (χ1v) is 5.48. The van der Waals surface area contributed by atoms with E-state index in [4.69, 9.17) is 16.2 Å². The van der Waals surface area contributed by atoms with Gasteiger partial charge in [0, 0.05) is 13.2 Å². The van der Waals surface area contributed by atoms with Crippen LogP contribution in [0.3, 0.4) is 0 Å². The highest BCUT2D eigenvalue weighted by molar-refractivity contribution is 5.67. The fourth-order valence-electron chi connectivity index (χ4n) is 2.07. The summed E-state index contributed by atoms with van der Waals surface area (Å²) in [6.07, 6.45) is 3.29. The molecule has 1 aromatic carbocycles. The van der Waals surface area contributed by atoms with Crippen molar-refractivity contribution in [3.63, 3.8) is 0 Å². The van der Waals surface area contributed by atoms with Crippen molar-refractivity contribution in [2.24, 2.45) is 5.92 Å². The van der Waals surface area contributed by atoms with Crippen LogP contribution in [0.15, 0.2) is 18.2 Å². The molecule has 4 N–H and O–H groups in total. The van der Waals surface area contributed by atoms with Crippen LogP contribution in [0, 0.1) is 5.92 Å². The number of nitrogen functional groups attached to an aromatic ring is 2. The molecular weight excluding hydrogens is 188 g/mol. The summed E-state index contributed by atoms with van der Waals surface area (Å²) < 4.78 is 5.34. The molecule has 2 rings (SSSR count). The molecule has 3 nitrogen and oxygen atoms in total. The van der Waals surface area contributed by atoms with Crippen molar-refractivity contribution in [2.45, 2.75) is 19.3 Å². The van der Waals surface area contributed by atoms with E-state index >= 15 is 0 Å². The van der Waals surface area contributed by atoms with E-state index in [9.17, 15) is 0 Å². The fourth-order valence-corrected chi connectivity index (χ4v) is 2.07. The van der Waals surface area contributed by atoms with Gasteiger partial charge in [-0.1, -0.05) is 12.1 Å².